The molecule has 0 unspecified atom stereocenters. The summed E-state index contributed by atoms with van der Waals surface area (Å²) in [7, 11) is 0. The van der Waals surface area contributed by atoms with Gasteiger partial charge in [0.25, 0.3) is 0 Å². The van der Waals surface area contributed by atoms with E-state index in [2.05, 4.69) is 102 Å². The molecule has 5 aromatic heterocycles. The molecule has 11 rings (SSSR count). The number of aromatic nitrogens is 5. The molecule has 0 amide bonds. The first-order valence-corrected chi connectivity index (χ1v) is 17.6. The lowest BCUT2D eigenvalue weighted by atomic mass is 10.1. The molecule has 0 radical (unpaired) electrons. The Morgan fingerprint density at radius 1 is 0.490 bits per heavy atom. The predicted molar refractivity (Wildman–Crippen MR) is 208 cm³/mol. The molecule has 0 atom stereocenters. The molecule has 0 aliphatic heterocycles. The zero-order valence-corrected chi connectivity index (χ0v) is 27.8. The Bertz CT molecular complexity index is 3100. The van der Waals surface area contributed by atoms with Gasteiger partial charge in [-0.15, -0.1) is 11.3 Å². The third-order valence-electron chi connectivity index (χ3n) is 9.72. The fraction of sp³-hybridized carbons (Fsp3) is 0. The monoisotopic (exact) mass is 671 g/mol. The number of rotatable bonds is 4. The summed E-state index contributed by atoms with van der Waals surface area (Å²) in [6.07, 6.45) is 1.84. The zero-order chi connectivity index (χ0) is 33.5. The van der Waals surface area contributed by atoms with Gasteiger partial charge in [0, 0.05) is 70.7 Å². The van der Waals surface area contributed by atoms with E-state index in [4.69, 9.17) is 24.4 Å². The summed E-state index contributed by atoms with van der Waals surface area (Å²) < 4.78 is 11.1. The highest BCUT2D eigenvalue weighted by atomic mass is 32.1. The van der Waals surface area contributed by atoms with Crippen LogP contribution in [0.3, 0.4) is 0 Å². The summed E-state index contributed by atoms with van der Waals surface area (Å²) in [5.74, 6) is 1.89. The normalized spacial score (nSPS) is 11.9. The van der Waals surface area contributed by atoms with E-state index in [9.17, 15) is 0 Å². The van der Waals surface area contributed by atoms with Crippen LogP contribution in [0.25, 0.3) is 104 Å². The van der Waals surface area contributed by atoms with Gasteiger partial charge in [-0.1, -0.05) is 78.9 Å². The molecular formula is C44H25N5OS. The molecule has 0 bridgehead atoms. The van der Waals surface area contributed by atoms with Gasteiger partial charge in [0.1, 0.15) is 16.8 Å². The number of hydrogen-bond donors (Lipinski definition) is 0. The van der Waals surface area contributed by atoms with Crippen LogP contribution < -0.4 is 0 Å². The van der Waals surface area contributed by atoms with Crippen molar-refractivity contribution in [3.05, 3.63) is 152 Å². The Hall–Kier alpha value is -6.70. The van der Waals surface area contributed by atoms with Gasteiger partial charge in [-0.2, -0.15) is 0 Å². The topological polar surface area (TPSA) is 69.6 Å². The van der Waals surface area contributed by atoms with Gasteiger partial charge in [-0.05, 0) is 60.7 Å². The Morgan fingerprint density at radius 2 is 1.25 bits per heavy atom. The summed E-state index contributed by atoms with van der Waals surface area (Å²) in [4.78, 5) is 20.0. The molecule has 0 aliphatic rings. The first kappa shape index (κ1) is 28.2. The van der Waals surface area contributed by atoms with Gasteiger partial charge in [0.05, 0.1) is 11.2 Å². The Balaban J connectivity index is 1.09. The van der Waals surface area contributed by atoms with Crippen LogP contribution in [0, 0.1) is 0 Å². The van der Waals surface area contributed by atoms with Crippen molar-refractivity contribution in [1.29, 1.82) is 0 Å². The van der Waals surface area contributed by atoms with E-state index in [-0.39, 0.29) is 0 Å². The average molecular weight is 672 g/mol. The van der Waals surface area contributed by atoms with Crippen molar-refractivity contribution in [2.45, 2.75) is 0 Å². The third-order valence-corrected chi connectivity index (χ3v) is 10.9. The molecule has 0 spiro atoms. The summed E-state index contributed by atoms with van der Waals surface area (Å²) in [6, 6.07) is 50.1. The molecule has 7 heteroatoms. The maximum atomic E-state index is 6.49. The van der Waals surface area contributed by atoms with Gasteiger partial charge in [-0.3, -0.25) is 4.57 Å². The second-order valence-electron chi connectivity index (χ2n) is 12.7. The summed E-state index contributed by atoms with van der Waals surface area (Å²) >= 11 is 1.79. The van der Waals surface area contributed by atoms with E-state index in [1.807, 2.05) is 54.7 Å². The van der Waals surface area contributed by atoms with E-state index < -0.39 is 0 Å². The van der Waals surface area contributed by atoms with Gasteiger partial charge < -0.3 is 4.42 Å². The third kappa shape index (κ3) is 4.35. The molecule has 6 nitrogen and oxygen atoms in total. The highest BCUT2D eigenvalue weighted by Gasteiger charge is 2.19. The van der Waals surface area contributed by atoms with Crippen LogP contribution in [0.15, 0.2) is 156 Å². The molecule has 5 heterocycles. The zero-order valence-electron chi connectivity index (χ0n) is 27.0. The Kier molecular flexibility index (Phi) is 6.02. The Labute approximate surface area is 294 Å². The van der Waals surface area contributed by atoms with Crippen molar-refractivity contribution < 1.29 is 4.42 Å². The van der Waals surface area contributed by atoms with Crippen LogP contribution in [0.1, 0.15) is 0 Å². The lowest BCUT2D eigenvalue weighted by Gasteiger charge is -2.09. The molecule has 11 aromatic rings. The number of thiophene rings is 1. The molecule has 0 N–H and O–H groups in total. The molecule has 0 saturated carbocycles. The maximum absolute atomic E-state index is 6.49. The first-order valence-electron chi connectivity index (χ1n) is 16.8. The van der Waals surface area contributed by atoms with E-state index in [0.717, 1.165) is 60.9 Å². The summed E-state index contributed by atoms with van der Waals surface area (Å²) in [5.41, 5.74) is 7.45. The fourth-order valence-electron chi connectivity index (χ4n) is 7.40. The van der Waals surface area contributed by atoms with Crippen LogP contribution in [-0.2, 0) is 0 Å². The molecule has 51 heavy (non-hydrogen) atoms. The van der Waals surface area contributed by atoms with Crippen molar-refractivity contribution in [1.82, 2.24) is 24.5 Å². The molecule has 0 fully saturated rings. The van der Waals surface area contributed by atoms with Gasteiger partial charge in [0.2, 0.25) is 0 Å². The van der Waals surface area contributed by atoms with Crippen molar-refractivity contribution in [2.24, 2.45) is 0 Å². The van der Waals surface area contributed by atoms with E-state index in [1.54, 1.807) is 11.3 Å². The van der Waals surface area contributed by atoms with Gasteiger partial charge in [0.15, 0.2) is 17.5 Å². The summed E-state index contributed by atoms with van der Waals surface area (Å²) in [5, 5.41) is 6.70. The lowest BCUT2D eigenvalue weighted by molar-refractivity contribution is 0.668. The van der Waals surface area contributed by atoms with E-state index in [1.165, 1.54) is 25.6 Å². The number of benzene rings is 6. The van der Waals surface area contributed by atoms with E-state index >= 15 is 0 Å². The molecular weight excluding hydrogens is 647 g/mol. The standard InChI is InChI=1S/C44H25N5OS/c1-2-10-26(11-3-1)41-46-42(48-43(47-41)33-14-8-18-39-40(33)32-13-5-7-17-38(32)51-39)27-19-22-36-34(24-27)30-21-20-28(25-37(30)50-36)49-35-16-6-4-12-29(35)31-15-9-23-45-44(31)49/h1-25H. The SMILES string of the molecule is c1ccc(-c2nc(-c3ccc4oc5cc(-n6c7ccccc7c7cccnc76)ccc5c4c3)nc(-c3cccc4sc5ccccc5c34)n2)cc1. The second-order valence-corrected chi connectivity index (χ2v) is 13.8. The number of furan rings is 1. The number of pyridine rings is 1. The van der Waals surface area contributed by atoms with Crippen LogP contribution >= 0.6 is 11.3 Å². The molecule has 6 aromatic carbocycles. The quantitative estimate of drug-likeness (QED) is 0.186. The van der Waals surface area contributed by atoms with Gasteiger partial charge >= 0.3 is 0 Å². The minimum atomic E-state index is 0.611. The average Bonchev–Trinajstić information content (AvgIpc) is 3.87. The minimum Gasteiger partial charge on any atom is -0.456 e. The largest absolute Gasteiger partial charge is 0.456 e. The molecule has 0 aliphatic carbocycles. The fourth-order valence-corrected chi connectivity index (χ4v) is 8.54. The summed E-state index contributed by atoms with van der Waals surface area (Å²) in [6.45, 7) is 0. The van der Waals surface area contributed by atoms with Crippen molar-refractivity contribution in [2.75, 3.05) is 0 Å². The number of nitrogens with zero attached hydrogens (tertiary/aromatic N) is 5. The first-order chi connectivity index (χ1) is 25.3. The lowest BCUT2D eigenvalue weighted by Crippen LogP contribution is -2.00. The predicted octanol–water partition coefficient (Wildman–Crippen LogP) is 11.6. The van der Waals surface area contributed by atoms with E-state index in [0.29, 0.717) is 17.5 Å². The maximum Gasteiger partial charge on any atom is 0.164 e. The highest BCUT2D eigenvalue weighted by Crippen LogP contribution is 2.40. The second kappa shape index (κ2) is 10.9. The van der Waals surface area contributed by atoms with Crippen molar-refractivity contribution in [3.63, 3.8) is 0 Å². The van der Waals surface area contributed by atoms with Crippen molar-refractivity contribution >= 4 is 75.4 Å². The van der Waals surface area contributed by atoms with Crippen LogP contribution in [0.4, 0.5) is 0 Å². The Morgan fingerprint density at radius 3 is 2.18 bits per heavy atom. The number of para-hydroxylation sites is 1. The van der Waals surface area contributed by atoms with Crippen LogP contribution in [0.5, 0.6) is 0 Å². The number of fused-ring (bicyclic) bond motifs is 9. The molecule has 0 saturated heterocycles. The van der Waals surface area contributed by atoms with Crippen LogP contribution in [-0.4, -0.2) is 24.5 Å². The highest BCUT2D eigenvalue weighted by molar-refractivity contribution is 7.25. The molecule has 238 valence electrons. The van der Waals surface area contributed by atoms with Crippen LogP contribution in [0.2, 0.25) is 0 Å². The minimum absolute atomic E-state index is 0.611. The van der Waals surface area contributed by atoms with Crippen molar-refractivity contribution in [3.8, 4) is 39.9 Å². The van der Waals surface area contributed by atoms with Gasteiger partial charge in [-0.25, -0.2) is 19.9 Å². The number of hydrogen-bond acceptors (Lipinski definition) is 6. The smallest absolute Gasteiger partial charge is 0.164 e.